The summed E-state index contributed by atoms with van der Waals surface area (Å²) >= 11 is 3.38. The molecule has 1 aromatic rings. The fraction of sp³-hybridized carbons (Fsp3) is 0.462. The number of primary amides is 1. The second kappa shape index (κ2) is 5.54. The lowest BCUT2D eigenvalue weighted by molar-refractivity contribution is -0.123. The molecule has 1 unspecified atom stereocenters. The van der Waals surface area contributed by atoms with Crippen molar-refractivity contribution in [1.82, 2.24) is 0 Å². The quantitative estimate of drug-likeness (QED) is 0.877. The highest BCUT2D eigenvalue weighted by molar-refractivity contribution is 9.10. The molecule has 1 rings (SSSR count). The molecule has 3 nitrogen and oxygen atoms in total. The van der Waals surface area contributed by atoms with Gasteiger partial charge in [-0.3, -0.25) is 4.79 Å². The number of carbonyl (C=O) groups is 1. The van der Waals surface area contributed by atoms with E-state index in [0.29, 0.717) is 6.42 Å². The third kappa shape index (κ3) is 3.00. The molecule has 1 atom stereocenters. The maximum atomic E-state index is 11.7. The van der Waals surface area contributed by atoms with Gasteiger partial charge in [-0.2, -0.15) is 0 Å². The van der Waals surface area contributed by atoms with Crippen LogP contribution in [0.25, 0.3) is 0 Å². The number of hydrogen-bond donors (Lipinski definition) is 2. The molecule has 0 bridgehead atoms. The van der Waals surface area contributed by atoms with Crippen LogP contribution in [0.4, 0.5) is 5.69 Å². The van der Waals surface area contributed by atoms with Gasteiger partial charge >= 0.3 is 0 Å². The molecule has 0 aromatic heterocycles. The predicted octanol–water partition coefficient (Wildman–Crippen LogP) is 3.15. The van der Waals surface area contributed by atoms with Crippen molar-refractivity contribution in [2.75, 3.05) is 5.32 Å². The van der Waals surface area contributed by atoms with E-state index in [2.05, 4.69) is 21.2 Å². The second-order valence-electron chi connectivity index (χ2n) is 4.48. The number of nitrogens with two attached hydrogens (primary N) is 1. The molecule has 94 valence electrons. The molecular formula is C13H19BrN2O. The van der Waals surface area contributed by atoms with Gasteiger partial charge in [-0.1, -0.05) is 36.7 Å². The Bertz CT molecular complexity index is 389. The summed E-state index contributed by atoms with van der Waals surface area (Å²) in [4.78, 5) is 11.7. The van der Waals surface area contributed by atoms with E-state index in [1.165, 1.54) is 0 Å². The van der Waals surface area contributed by atoms with E-state index in [4.69, 9.17) is 5.73 Å². The molecule has 0 radical (unpaired) electrons. The summed E-state index contributed by atoms with van der Waals surface area (Å²) in [6.07, 6.45) is 0.663. The Balaban J connectivity index is 3.01. The molecule has 17 heavy (non-hydrogen) atoms. The van der Waals surface area contributed by atoms with Crippen molar-refractivity contribution in [2.45, 2.75) is 32.7 Å². The van der Waals surface area contributed by atoms with Crippen LogP contribution in [0, 0.1) is 5.92 Å². The van der Waals surface area contributed by atoms with Gasteiger partial charge in [0.1, 0.15) is 5.54 Å². The largest absolute Gasteiger partial charge is 0.371 e. The van der Waals surface area contributed by atoms with Gasteiger partial charge in [-0.05, 0) is 36.6 Å². The monoisotopic (exact) mass is 298 g/mol. The Hall–Kier alpha value is -1.03. The lowest BCUT2D eigenvalue weighted by atomic mass is 9.83. The summed E-state index contributed by atoms with van der Waals surface area (Å²) in [5, 5.41) is 3.27. The van der Waals surface area contributed by atoms with Crippen molar-refractivity contribution in [2.24, 2.45) is 11.7 Å². The zero-order chi connectivity index (χ0) is 13.1. The number of nitrogens with one attached hydrogen (secondary N) is 1. The van der Waals surface area contributed by atoms with Crippen LogP contribution < -0.4 is 11.1 Å². The van der Waals surface area contributed by atoms with Crippen molar-refractivity contribution < 1.29 is 4.79 Å². The molecule has 4 heteroatoms. The van der Waals surface area contributed by atoms with Gasteiger partial charge in [-0.15, -0.1) is 0 Å². The summed E-state index contributed by atoms with van der Waals surface area (Å²) in [5.41, 5.74) is 5.77. The normalized spacial score (nSPS) is 14.4. The number of carbonyl (C=O) groups excluding carboxylic acids is 1. The second-order valence-corrected chi connectivity index (χ2v) is 5.39. The highest BCUT2D eigenvalue weighted by Crippen LogP contribution is 2.27. The zero-order valence-electron chi connectivity index (χ0n) is 10.5. The average molecular weight is 299 g/mol. The fourth-order valence-electron chi connectivity index (χ4n) is 1.95. The van der Waals surface area contributed by atoms with Gasteiger partial charge in [0.05, 0.1) is 0 Å². The van der Waals surface area contributed by atoms with Crippen LogP contribution in [0.2, 0.25) is 0 Å². The predicted molar refractivity (Wildman–Crippen MR) is 74.8 cm³/mol. The van der Waals surface area contributed by atoms with Crippen LogP contribution >= 0.6 is 15.9 Å². The zero-order valence-corrected chi connectivity index (χ0v) is 12.0. The van der Waals surface area contributed by atoms with E-state index < -0.39 is 5.54 Å². The molecule has 0 aliphatic heterocycles. The Morgan fingerprint density at radius 1 is 1.41 bits per heavy atom. The molecule has 0 spiro atoms. The lowest BCUT2D eigenvalue weighted by Gasteiger charge is -2.35. The Labute approximate surface area is 111 Å². The van der Waals surface area contributed by atoms with Crippen LogP contribution in [0.1, 0.15) is 27.2 Å². The SMILES string of the molecule is CCC(Nc1ccc(Br)cc1)(C(N)=O)C(C)C. The van der Waals surface area contributed by atoms with Crippen LogP contribution in [-0.2, 0) is 4.79 Å². The number of amides is 1. The van der Waals surface area contributed by atoms with Gasteiger partial charge in [0.15, 0.2) is 0 Å². The van der Waals surface area contributed by atoms with E-state index in [0.717, 1.165) is 10.2 Å². The van der Waals surface area contributed by atoms with Gasteiger partial charge in [0.2, 0.25) is 5.91 Å². The lowest BCUT2D eigenvalue weighted by Crippen LogP contribution is -2.54. The molecule has 1 aromatic carbocycles. The molecule has 0 aliphatic carbocycles. The minimum absolute atomic E-state index is 0.133. The first kappa shape index (κ1) is 14.0. The number of rotatable bonds is 5. The van der Waals surface area contributed by atoms with Crippen molar-refractivity contribution in [1.29, 1.82) is 0 Å². The molecule has 0 heterocycles. The highest BCUT2D eigenvalue weighted by Gasteiger charge is 2.37. The summed E-state index contributed by atoms with van der Waals surface area (Å²) in [6.45, 7) is 5.97. The molecule has 1 amide bonds. The molecule has 0 fully saturated rings. The summed E-state index contributed by atoms with van der Waals surface area (Å²) in [7, 11) is 0. The van der Waals surface area contributed by atoms with Gasteiger partial charge in [0.25, 0.3) is 0 Å². The smallest absolute Gasteiger partial charge is 0.243 e. The van der Waals surface area contributed by atoms with Crippen LogP contribution in [0.15, 0.2) is 28.7 Å². The minimum Gasteiger partial charge on any atom is -0.371 e. The van der Waals surface area contributed by atoms with Crippen LogP contribution in [-0.4, -0.2) is 11.4 Å². The first-order valence-electron chi connectivity index (χ1n) is 5.76. The van der Waals surface area contributed by atoms with Crippen molar-refractivity contribution in [3.8, 4) is 0 Å². The number of benzene rings is 1. The molecule has 0 aliphatic rings. The van der Waals surface area contributed by atoms with E-state index in [-0.39, 0.29) is 11.8 Å². The van der Waals surface area contributed by atoms with E-state index in [1.807, 2.05) is 45.0 Å². The fourth-order valence-corrected chi connectivity index (χ4v) is 2.22. The van der Waals surface area contributed by atoms with Crippen LogP contribution in [0.3, 0.4) is 0 Å². The number of halogens is 1. The van der Waals surface area contributed by atoms with E-state index in [1.54, 1.807) is 0 Å². The molecule has 3 N–H and O–H groups in total. The number of anilines is 1. The topological polar surface area (TPSA) is 55.1 Å². The third-order valence-electron chi connectivity index (χ3n) is 3.19. The van der Waals surface area contributed by atoms with Crippen LogP contribution in [0.5, 0.6) is 0 Å². The maximum absolute atomic E-state index is 11.7. The first-order valence-corrected chi connectivity index (χ1v) is 6.55. The molecule has 0 saturated carbocycles. The molecular weight excluding hydrogens is 280 g/mol. The summed E-state index contributed by atoms with van der Waals surface area (Å²) < 4.78 is 1.01. The number of hydrogen-bond acceptors (Lipinski definition) is 2. The molecule has 0 saturated heterocycles. The Kier molecular flexibility index (Phi) is 4.57. The van der Waals surface area contributed by atoms with Crippen molar-refractivity contribution >= 4 is 27.5 Å². The Morgan fingerprint density at radius 2 is 1.94 bits per heavy atom. The average Bonchev–Trinajstić information content (AvgIpc) is 2.27. The minimum atomic E-state index is -0.687. The maximum Gasteiger partial charge on any atom is 0.243 e. The van der Waals surface area contributed by atoms with Crippen molar-refractivity contribution in [3.05, 3.63) is 28.7 Å². The van der Waals surface area contributed by atoms with Gasteiger partial charge < -0.3 is 11.1 Å². The van der Waals surface area contributed by atoms with E-state index in [9.17, 15) is 4.79 Å². The van der Waals surface area contributed by atoms with E-state index >= 15 is 0 Å². The summed E-state index contributed by atoms with van der Waals surface area (Å²) in [5.74, 6) is -0.174. The van der Waals surface area contributed by atoms with Gasteiger partial charge in [-0.25, -0.2) is 0 Å². The summed E-state index contributed by atoms with van der Waals surface area (Å²) in [6, 6.07) is 7.73. The standard InChI is InChI=1S/C13H19BrN2O/c1-4-13(9(2)3,12(15)17)16-11-7-5-10(14)6-8-11/h5-9,16H,4H2,1-3H3,(H2,15,17). The first-order chi connectivity index (χ1) is 7.92. The third-order valence-corrected chi connectivity index (χ3v) is 3.72. The highest BCUT2D eigenvalue weighted by atomic mass is 79.9. The van der Waals surface area contributed by atoms with Crippen molar-refractivity contribution in [3.63, 3.8) is 0 Å². The Morgan fingerprint density at radius 3 is 2.29 bits per heavy atom. The van der Waals surface area contributed by atoms with Gasteiger partial charge in [0, 0.05) is 10.2 Å².